The summed E-state index contributed by atoms with van der Waals surface area (Å²) >= 11 is 0. The van der Waals surface area contributed by atoms with Crippen molar-refractivity contribution in [2.24, 2.45) is 0 Å². The predicted octanol–water partition coefficient (Wildman–Crippen LogP) is 1.32. The molecule has 1 aliphatic heterocycles. The number of β-amino-alcohol motifs (C(OH)–C–C–N with tert-alkyl or cyclic N) is 1. The zero-order valence-corrected chi connectivity index (χ0v) is 14.6. The molecule has 2 N–H and O–H groups in total. The molecule has 7 nitrogen and oxygen atoms in total. The van der Waals surface area contributed by atoms with Gasteiger partial charge in [-0.05, 0) is 5.56 Å². The van der Waals surface area contributed by atoms with E-state index in [1.54, 1.807) is 0 Å². The minimum Gasteiger partial charge on any atom is -0.389 e. The van der Waals surface area contributed by atoms with Crippen molar-refractivity contribution in [3.63, 3.8) is 0 Å². The highest BCUT2D eigenvalue weighted by atomic mass is 16.5. The van der Waals surface area contributed by atoms with Crippen molar-refractivity contribution < 1.29 is 14.6 Å². The van der Waals surface area contributed by atoms with Gasteiger partial charge in [0.1, 0.15) is 11.9 Å². The molecule has 1 aromatic heterocycles. The maximum Gasteiger partial charge on any atom is 0.180 e. The molecule has 0 saturated carbocycles. The van der Waals surface area contributed by atoms with Crippen LogP contribution in [0.25, 0.3) is 0 Å². The summed E-state index contributed by atoms with van der Waals surface area (Å²) in [5, 5.41) is 17.4. The van der Waals surface area contributed by atoms with Crippen LogP contribution in [0.2, 0.25) is 0 Å². The highest BCUT2D eigenvalue weighted by molar-refractivity contribution is 5.13. The van der Waals surface area contributed by atoms with Gasteiger partial charge < -0.3 is 14.6 Å². The van der Waals surface area contributed by atoms with Gasteiger partial charge in [0.15, 0.2) is 5.82 Å². The third-order valence-corrected chi connectivity index (χ3v) is 4.21. The number of nitrogens with one attached hydrogen (secondary N) is 1. The molecule has 1 fully saturated rings. The molecule has 1 aromatic carbocycles. The second kappa shape index (κ2) is 9.05. The van der Waals surface area contributed by atoms with Crippen molar-refractivity contribution in [3.05, 3.63) is 47.5 Å². The van der Waals surface area contributed by atoms with Crippen molar-refractivity contribution in [2.45, 2.75) is 32.2 Å². The second-order valence-corrected chi connectivity index (χ2v) is 6.27. The summed E-state index contributed by atoms with van der Waals surface area (Å²) in [6.45, 7) is 5.49. The van der Waals surface area contributed by atoms with Crippen LogP contribution in [0, 0.1) is 0 Å². The zero-order chi connectivity index (χ0) is 17.5. The number of hydrogen-bond acceptors (Lipinski definition) is 6. The lowest BCUT2D eigenvalue weighted by Gasteiger charge is -2.32. The average molecular weight is 346 g/mol. The summed E-state index contributed by atoms with van der Waals surface area (Å²) in [4.78, 5) is 6.62. The molecule has 0 spiro atoms. The maximum atomic E-state index is 10.2. The number of morpholine rings is 1. The van der Waals surface area contributed by atoms with E-state index in [-0.39, 0.29) is 6.10 Å². The van der Waals surface area contributed by atoms with Gasteiger partial charge in [0, 0.05) is 26.1 Å². The number of aromatic nitrogens is 3. The first-order chi connectivity index (χ1) is 12.2. The van der Waals surface area contributed by atoms with E-state index in [0.717, 1.165) is 24.4 Å². The molecule has 2 heterocycles. The van der Waals surface area contributed by atoms with Crippen molar-refractivity contribution >= 4 is 0 Å². The van der Waals surface area contributed by atoms with Crippen LogP contribution in [-0.4, -0.2) is 64.1 Å². The van der Waals surface area contributed by atoms with E-state index in [9.17, 15) is 5.11 Å². The Morgan fingerprint density at radius 1 is 1.40 bits per heavy atom. The van der Waals surface area contributed by atoms with E-state index < -0.39 is 6.10 Å². The van der Waals surface area contributed by atoms with Crippen LogP contribution >= 0.6 is 0 Å². The average Bonchev–Trinajstić information content (AvgIpc) is 3.12. The molecule has 0 bridgehead atoms. The first-order valence-electron chi connectivity index (χ1n) is 8.79. The van der Waals surface area contributed by atoms with Gasteiger partial charge in [-0.15, -0.1) is 0 Å². The molecule has 25 heavy (non-hydrogen) atoms. The van der Waals surface area contributed by atoms with E-state index in [4.69, 9.17) is 9.47 Å². The largest absolute Gasteiger partial charge is 0.389 e. The molecule has 0 unspecified atom stereocenters. The molecular weight excluding hydrogens is 320 g/mol. The van der Waals surface area contributed by atoms with Crippen molar-refractivity contribution in [2.75, 3.05) is 32.8 Å². The molecule has 0 radical (unpaired) electrons. The number of aromatic amines is 1. The van der Waals surface area contributed by atoms with Crippen molar-refractivity contribution in [3.8, 4) is 0 Å². The Morgan fingerprint density at radius 3 is 3.00 bits per heavy atom. The normalized spacial score (nSPS) is 19.8. The SMILES string of the molecule is CCc1nc([C@@H]2CN(C[C@@H](O)COCc3ccccc3)CCO2)n[nH]1. The number of benzene rings is 1. The van der Waals surface area contributed by atoms with Gasteiger partial charge >= 0.3 is 0 Å². The van der Waals surface area contributed by atoms with Crippen LogP contribution in [0.3, 0.4) is 0 Å². The number of H-pyrrole nitrogens is 1. The topological polar surface area (TPSA) is 83.5 Å². The van der Waals surface area contributed by atoms with Crippen LogP contribution < -0.4 is 0 Å². The van der Waals surface area contributed by atoms with Crippen LogP contribution in [0.4, 0.5) is 0 Å². The van der Waals surface area contributed by atoms with Gasteiger partial charge in [0.25, 0.3) is 0 Å². The lowest BCUT2D eigenvalue weighted by Crippen LogP contribution is -2.43. The number of aryl methyl sites for hydroxylation is 1. The fraction of sp³-hybridized carbons (Fsp3) is 0.556. The zero-order valence-electron chi connectivity index (χ0n) is 14.6. The Morgan fingerprint density at radius 2 is 2.24 bits per heavy atom. The molecular formula is C18H26N4O3. The summed E-state index contributed by atoms with van der Waals surface area (Å²) in [6.07, 6.45) is 0.143. The quantitative estimate of drug-likeness (QED) is 0.750. The van der Waals surface area contributed by atoms with Crippen LogP contribution in [0.15, 0.2) is 30.3 Å². The molecule has 1 aliphatic rings. The number of nitrogens with zero attached hydrogens (tertiary/aromatic N) is 3. The van der Waals surface area contributed by atoms with Crippen LogP contribution in [0.5, 0.6) is 0 Å². The summed E-state index contributed by atoms with van der Waals surface area (Å²) < 4.78 is 11.4. The summed E-state index contributed by atoms with van der Waals surface area (Å²) in [5.41, 5.74) is 1.11. The third kappa shape index (κ3) is 5.34. The van der Waals surface area contributed by atoms with Crippen LogP contribution in [0.1, 0.15) is 30.2 Å². The highest BCUT2D eigenvalue weighted by Gasteiger charge is 2.26. The number of hydrogen-bond donors (Lipinski definition) is 2. The van der Waals surface area contributed by atoms with Crippen LogP contribution in [-0.2, 0) is 22.5 Å². The minimum absolute atomic E-state index is 0.150. The smallest absolute Gasteiger partial charge is 0.180 e. The molecule has 0 amide bonds. The van der Waals surface area contributed by atoms with Crippen molar-refractivity contribution in [1.29, 1.82) is 0 Å². The van der Waals surface area contributed by atoms with Gasteiger partial charge in [-0.1, -0.05) is 37.3 Å². The van der Waals surface area contributed by atoms with Crippen molar-refractivity contribution in [1.82, 2.24) is 20.1 Å². The Hall–Kier alpha value is -1.80. The highest BCUT2D eigenvalue weighted by Crippen LogP contribution is 2.19. The number of rotatable bonds is 8. The van der Waals surface area contributed by atoms with Gasteiger partial charge in [0.2, 0.25) is 0 Å². The summed E-state index contributed by atoms with van der Waals surface area (Å²) in [5.74, 6) is 1.56. The van der Waals surface area contributed by atoms with Gasteiger partial charge in [0.05, 0.1) is 25.9 Å². The summed E-state index contributed by atoms with van der Waals surface area (Å²) in [7, 11) is 0. The molecule has 136 valence electrons. The lowest BCUT2D eigenvalue weighted by molar-refractivity contribution is -0.0565. The standard InChI is InChI=1S/C18H26N4O3/c1-2-17-19-18(21-20-17)16-11-22(8-9-25-16)10-15(23)13-24-12-14-6-4-3-5-7-14/h3-7,15-16,23H,2,8-13H2,1H3,(H,19,20,21)/t15-,16+/m1/s1. The van der Waals surface area contributed by atoms with E-state index in [1.807, 2.05) is 37.3 Å². The molecule has 2 atom stereocenters. The van der Waals surface area contributed by atoms with E-state index in [0.29, 0.717) is 38.7 Å². The lowest BCUT2D eigenvalue weighted by atomic mass is 10.2. The predicted molar refractivity (Wildman–Crippen MR) is 93.0 cm³/mol. The first kappa shape index (κ1) is 18.0. The Balaban J connectivity index is 1.42. The first-order valence-corrected chi connectivity index (χ1v) is 8.79. The van der Waals surface area contributed by atoms with Gasteiger partial charge in [-0.3, -0.25) is 10.00 Å². The fourth-order valence-corrected chi connectivity index (χ4v) is 2.87. The monoisotopic (exact) mass is 346 g/mol. The fourth-order valence-electron chi connectivity index (χ4n) is 2.87. The van der Waals surface area contributed by atoms with E-state index in [2.05, 4.69) is 20.1 Å². The Kier molecular flexibility index (Phi) is 6.52. The molecule has 1 saturated heterocycles. The Labute approximate surface area is 148 Å². The van der Waals surface area contributed by atoms with E-state index in [1.165, 1.54) is 0 Å². The third-order valence-electron chi connectivity index (χ3n) is 4.21. The van der Waals surface area contributed by atoms with Gasteiger partial charge in [-0.25, -0.2) is 4.98 Å². The maximum absolute atomic E-state index is 10.2. The van der Waals surface area contributed by atoms with E-state index >= 15 is 0 Å². The molecule has 3 rings (SSSR count). The number of aliphatic hydroxyl groups is 1. The number of ether oxygens (including phenoxy) is 2. The molecule has 2 aromatic rings. The van der Waals surface area contributed by atoms with Gasteiger partial charge in [-0.2, -0.15) is 5.10 Å². The number of aliphatic hydroxyl groups excluding tert-OH is 1. The summed E-state index contributed by atoms with van der Waals surface area (Å²) in [6, 6.07) is 9.97. The minimum atomic E-state index is -0.527. The molecule has 7 heteroatoms. The molecule has 0 aliphatic carbocycles. The second-order valence-electron chi connectivity index (χ2n) is 6.27. The Bertz CT molecular complexity index is 634.